The Bertz CT molecular complexity index is 216. The topological polar surface area (TPSA) is 27.7 Å². The van der Waals surface area contributed by atoms with Gasteiger partial charge in [0.05, 0.1) is 6.61 Å². The molecule has 0 aromatic heterocycles. The van der Waals surface area contributed by atoms with Crippen LogP contribution >= 0.6 is 15.9 Å². The summed E-state index contributed by atoms with van der Waals surface area (Å²) in [6.07, 6.45) is 6.43. The molecule has 1 aliphatic heterocycles. The second-order valence-electron chi connectivity index (χ2n) is 4.82. The van der Waals surface area contributed by atoms with Crippen LogP contribution in [-0.2, 0) is 14.5 Å². The van der Waals surface area contributed by atoms with E-state index in [0.717, 1.165) is 31.2 Å². The Morgan fingerprint density at radius 3 is 2.47 bits per heavy atom. The number of rotatable bonds is 1. The van der Waals surface area contributed by atoms with Crippen molar-refractivity contribution in [2.24, 2.45) is 0 Å². The Morgan fingerprint density at radius 1 is 1.07 bits per heavy atom. The van der Waals surface area contributed by atoms with Crippen molar-refractivity contribution in [1.29, 1.82) is 0 Å². The molecule has 3 nitrogen and oxygen atoms in total. The first kappa shape index (κ1) is 11.8. The van der Waals surface area contributed by atoms with Crippen LogP contribution in [0.5, 0.6) is 0 Å². The van der Waals surface area contributed by atoms with Gasteiger partial charge in [-0.2, -0.15) is 0 Å². The van der Waals surface area contributed by atoms with Crippen LogP contribution in [0.1, 0.15) is 45.4 Å². The summed E-state index contributed by atoms with van der Waals surface area (Å²) in [6.45, 7) is 2.77. The van der Waals surface area contributed by atoms with Crippen LogP contribution in [0.3, 0.4) is 0 Å². The quantitative estimate of drug-likeness (QED) is 0.545. The minimum Gasteiger partial charge on any atom is -0.347 e. The van der Waals surface area contributed by atoms with E-state index in [0.29, 0.717) is 0 Å². The summed E-state index contributed by atoms with van der Waals surface area (Å²) in [4.78, 5) is 11.1. The van der Waals surface area contributed by atoms with Crippen LogP contribution in [-0.4, -0.2) is 23.3 Å². The van der Waals surface area contributed by atoms with Gasteiger partial charge in [0, 0.05) is 24.6 Å². The van der Waals surface area contributed by atoms with Gasteiger partial charge >= 0.3 is 0 Å². The van der Waals surface area contributed by atoms with Crippen molar-refractivity contribution < 1.29 is 14.5 Å². The Hall–Kier alpha value is 0.360. The zero-order chi connectivity index (χ0) is 10.8. The zero-order valence-corrected chi connectivity index (χ0v) is 10.8. The van der Waals surface area contributed by atoms with Crippen molar-refractivity contribution >= 4 is 15.9 Å². The first-order chi connectivity index (χ1) is 7.18. The summed E-state index contributed by atoms with van der Waals surface area (Å²) < 4.78 is 5.86. The predicted molar refractivity (Wildman–Crippen MR) is 60.8 cm³/mol. The Kier molecular flexibility index (Phi) is 3.71. The lowest BCUT2D eigenvalue weighted by molar-refractivity contribution is -0.449. The average Bonchev–Trinajstić information content (AvgIpc) is 2.42. The maximum Gasteiger partial charge on any atom is 0.201 e. The Morgan fingerprint density at radius 2 is 1.80 bits per heavy atom. The lowest BCUT2D eigenvalue weighted by atomic mass is 9.94. The molecule has 1 saturated carbocycles. The van der Waals surface area contributed by atoms with Gasteiger partial charge in [-0.1, -0.05) is 22.4 Å². The van der Waals surface area contributed by atoms with Crippen LogP contribution in [0, 0.1) is 0 Å². The monoisotopic (exact) mass is 278 g/mol. The molecule has 2 fully saturated rings. The van der Waals surface area contributed by atoms with Crippen LogP contribution in [0.4, 0.5) is 0 Å². The van der Waals surface area contributed by atoms with Crippen molar-refractivity contribution in [3.05, 3.63) is 0 Å². The van der Waals surface area contributed by atoms with Gasteiger partial charge in [-0.3, -0.25) is 0 Å². The fourth-order valence-electron chi connectivity index (χ4n) is 2.10. The van der Waals surface area contributed by atoms with Crippen molar-refractivity contribution in [3.8, 4) is 0 Å². The van der Waals surface area contributed by atoms with E-state index < -0.39 is 5.79 Å². The molecule has 88 valence electrons. The highest BCUT2D eigenvalue weighted by molar-refractivity contribution is 9.09. The Balaban J connectivity index is 1.99. The summed E-state index contributed by atoms with van der Waals surface area (Å²) in [5.74, 6) is -0.446. The Labute approximate surface area is 99.5 Å². The van der Waals surface area contributed by atoms with E-state index in [1.807, 2.05) is 6.92 Å². The van der Waals surface area contributed by atoms with E-state index in [1.165, 1.54) is 19.3 Å². The van der Waals surface area contributed by atoms with E-state index in [9.17, 15) is 0 Å². The summed E-state index contributed by atoms with van der Waals surface area (Å²) in [6, 6.07) is 0. The van der Waals surface area contributed by atoms with E-state index in [2.05, 4.69) is 15.9 Å². The summed E-state index contributed by atoms with van der Waals surface area (Å²) in [7, 11) is 0. The van der Waals surface area contributed by atoms with Crippen LogP contribution in [0.15, 0.2) is 0 Å². The van der Waals surface area contributed by atoms with Gasteiger partial charge in [-0.15, -0.1) is 0 Å². The van der Waals surface area contributed by atoms with Gasteiger partial charge < -0.3 is 4.74 Å². The molecule has 1 spiro atoms. The second-order valence-corrected chi connectivity index (χ2v) is 5.38. The predicted octanol–water partition coefficient (Wildman–Crippen LogP) is 3.17. The third kappa shape index (κ3) is 2.73. The third-order valence-electron chi connectivity index (χ3n) is 3.29. The van der Waals surface area contributed by atoms with Crippen LogP contribution < -0.4 is 0 Å². The SMILES string of the molecule is CC1(CBr)CCOC2(CCCCC2)OO1. The maximum atomic E-state index is 5.86. The van der Waals surface area contributed by atoms with Crippen molar-refractivity contribution in [3.63, 3.8) is 0 Å². The molecule has 4 heteroatoms. The van der Waals surface area contributed by atoms with Gasteiger partial charge in [0.25, 0.3) is 0 Å². The fraction of sp³-hybridized carbons (Fsp3) is 1.00. The first-order valence-corrected chi connectivity index (χ1v) is 6.87. The van der Waals surface area contributed by atoms with E-state index >= 15 is 0 Å². The van der Waals surface area contributed by atoms with Crippen molar-refractivity contribution in [1.82, 2.24) is 0 Å². The molecule has 0 aromatic carbocycles. The molecular formula is C11H19BrO3. The van der Waals surface area contributed by atoms with E-state index in [4.69, 9.17) is 14.5 Å². The highest BCUT2D eigenvalue weighted by Gasteiger charge is 2.41. The highest BCUT2D eigenvalue weighted by atomic mass is 79.9. The van der Waals surface area contributed by atoms with Gasteiger partial charge in [0.15, 0.2) is 0 Å². The normalized spacial score (nSPS) is 36.4. The van der Waals surface area contributed by atoms with E-state index in [1.54, 1.807) is 0 Å². The lowest BCUT2D eigenvalue weighted by Crippen LogP contribution is -2.38. The average molecular weight is 279 g/mol. The summed E-state index contributed by atoms with van der Waals surface area (Å²) in [5, 5.41) is 0.777. The largest absolute Gasteiger partial charge is 0.347 e. The second kappa shape index (κ2) is 4.70. The van der Waals surface area contributed by atoms with Crippen LogP contribution in [0.2, 0.25) is 0 Å². The molecule has 15 heavy (non-hydrogen) atoms. The number of ether oxygens (including phenoxy) is 1. The van der Waals surface area contributed by atoms with Gasteiger partial charge in [-0.25, -0.2) is 9.78 Å². The van der Waals surface area contributed by atoms with Gasteiger partial charge in [0.2, 0.25) is 5.79 Å². The molecule has 1 saturated heterocycles. The van der Waals surface area contributed by atoms with Gasteiger partial charge in [-0.05, 0) is 19.8 Å². The summed E-state index contributed by atoms with van der Waals surface area (Å²) >= 11 is 3.45. The van der Waals surface area contributed by atoms with Crippen LogP contribution in [0.25, 0.3) is 0 Å². The van der Waals surface area contributed by atoms with Crippen molar-refractivity contribution in [2.75, 3.05) is 11.9 Å². The molecule has 2 rings (SSSR count). The molecule has 0 aromatic rings. The van der Waals surface area contributed by atoms with Crippen molar-refractivity contribution in [2.45, 2.75) is 56.8 Å². The molecule has 1 aliphatic carbocycles. The van der Waals surface area contributed by atoms with E-state index in [-0.39, 0.29) is 5.60 Å². The standard InChI is InChI=1S/C11H19BrO3/c1-10(9-12)7-8-13-11(15-14-10)5-3-2-4-6-11/h2-9H2,1H3. The molecule has 1 atom stereocenters. The van der Waals surface area contributed by atoms with Gasteiger partial charge in [0.1, 0.15) is 5.60 Å². The maximum absolute atomic E-state index is 5.86. The number of hydrogen-bond acceptors (Lipinski definition) is 3. The number of halogens is 1. The molecule has 0 N–H and O–H groups in total. The smallest absolute Gasteiger partial charge is 0.201 e. The summed E-state index contributed by atoms with van der Waals surface area (Å²) in [5.41, 5.74) is -0.249. The lowest BCUT2D eigenvalue weighted by Gasteiger charge is -2.34. The molecule has 0 amide bonds. The zero-order valence-electron chi connectivity index (χ0n) is 9.26. The molecule has 2 aliphatic rings. The molecule has 0 radical (unpaired) electrons. The molecule has 1 unspecified atom stereocenters. The minimum absolute atomic E-state index is 0.249. The number of alkyl halides is 1. The highest BCUT2D eigenvalue weighted by Crippen LogP contribution is 2.37. The molecule has 1 heterocycles. The third-order valence-corrected chi connectivity index (χ3v) is 4.47. The minimum atomic E-state index is -0.446. The number of hydrogen-bond donors (Lipinski definition) is 0. The fourth-order valence-corrected chi connectivity index (χ4v) is 2.48. The first-order valence-electron chi connectivity index (χ1n) is 5.75. The molecular weight excluding hydrogens is 260 g/mol. The molecule has 0 bridgehead atoms.